The van der Waals surface area contributed by atoms with Crippen molar-refractivity contribution in [1.82, 2.24) is 19.1 Å². The van der Waals surface area contributed by atoms with Crippen LogP contribution in [0.3, 0.4) is 0 Å². The van der Waals surface area contributed by atoms with Crippen LogP contribution in [0.15, 0.2) is 9.59 Å². The summed E-state index contributed by atoms with van der Waals surface area (Å²) < 4.78 is 2.92. The van der Waals surface area contributed by atoms with Crippen LogP contribution in [-0.2, 0) is 7.05 Å². The average molecular weight is 238 g/mol. The third kappa shape index (κ3) is 1.53. The van der Waals surface area contributed by atoms with E-state index in [1.807, 2.05) is 13.8 Å². The molecular weight excluding hydrogens is 224 g/mol. The number of nitrogens with two attached hydrogens (primary N) is 1. The fourth-order valence-corrected chi connectivity index (χ4v) is 1.81. The molecule has 0 spiro atoms. The number of hydrazine groups is 1. The molecule has 0 atom stereocenters. The number of aryl methyl sites for hydroxylation is 1. The maximum Gasteiger partial charge on any atom is 0.329 e. The second kappa shape index (κ2) is 3.74. The number of hydrogen-bond donors (Lipinski definition) is 3. The van der Waals surface area contributed by atoms with Gasteiger partial charge in [0.25, 0.3) is 5.56 Å². The minimum atomic E-state index is -0.500. The highest BCUT2D eigenvalue weighted by Gasteiger charge is 2.18. The molecule has 0 unspecified atom stereocenters. The van der Waals surface area contributed by atoms with Gasteiger partial charge in [0.1, 0.15) is 0 Å². The Hall–Kier alpha value is -2.09. The second-order valence-corrected chi connectivity index (χ2v) is 4.03. The number of imidazole rings is 1. The molecule has 2 heterocycles. The Morgan fingerprint density at radius 3 is 2.59 bits per heavy atom. The Kier molecular flexibility index (Phi) is 2.50. The van der Waals surface area contributed by atoms with Gasteiger partial charge in [-0.15, -0.1) is 0 Å². The van der Waals surface area contributed by atoms with E-state index in [0.29, 0.717) is 17.1 Å². The van der Waals surface area contributed by atoms with Crippen LogP contribution in [0.4, 0.5) is 5.95 Å². The van der Waals surface area contributed by atoms with E-state index in [9.17, 15) is 9.59 Å². The van der Waals surface area contributed by atoms with Gasteiger partial charge in [0.05, 0.1) is 0 Å². The van der Waals surface area contributed by atoms with E-state index in [1.54, 1.807) is 11.6 Å². The van der Waals surface area contributed by atoms with Gasteiger partial charge >= 0.3 is 5.69 Å². The molecule has 0 saturated heterocycles. The van der Waals surface area contributed by atoms with Crippen molar-refractivity contribution in [3.63, 3.8) is 0 Å². The van der Waals surface area contributed by atoms with Crippen LogP contribution in [-0.4, -0.2) is 19.1 Å². The zero-order valence-electron chi connectivity index (χ0n) is 9.81. The second-order valence-electron chi connectivity index (χ2n) is 4.03. The number of nitrogens with zero attached hydrogens (tertiary/aromatic N) is 3. The number of fused-ring (bicyclic) bond motifs is 1. The van der Waals surface area contributed by atoms with E-state index in [2.05, 4.69) is 15.4 Å². The zero-order valence-corrected chi connectivity index (χ0v) is 9.81. The first-order valence-electron chi connectivity index (χ1n) is 5.15. The van der Waals surface area contributed by atoms with Crippen molar-refractivity contribution in [3.05, 3.63) is 20.8 Å². The summed E-state index contributed by atoms with van der Waals surface area (Å²) in [7, 11) is 1.54. The highest BCUT2D eigenvalue weighted by atomic mass is 16.2. The van der Waals surface area contributed by atoms with Gasteiger partial charge in [0, 0.05) is 13.1 Å². The van der Waals surface area contributed by atoms with E-state index in [4.69, 9.17) is 5.84 Å². The van der Waals surface area contributed by atoms with Crippen LogP contribution in [0, 0.1) is 0 Å². The quantitative estimate of drug-likeness (QED) is 0.473. The first-order valence-corrected chi connectivity index (χ1v) is 5.15. The summed E-state index contributed by atoms with van der Waals surface area (Å²) in [6.07, 6.45) is 0. The summed E-state index contributed by atoms with van der Waals surface area (Å²) in [5.41, 5.74) is 2.09. The zero-order chi connectivity index (χ0) is 12.7. The smallest absolute Gasteiger partial charge is 0.301 e. The van der Waals surface area contributed by atoms with Crippen LogP contribution < -0.4 is 22.5 Å². The van der Waals surface area contributed by atoms with E-state index >= 15 is 0 Å². The molecule has 2 rings (SSSR count). The van der Waals surface area contributed by atoms with Crippen LogP contribution in [0.5, 0.6) is 0 Å². The van der Waals surface area contributed by atoms with E-state index < -0.39 is 11.2 Å². The molecular formula is C9H14N6O2. The Morgan fingerprint density at radius 1 is 1.41 bits per heavy atom. The SMILES string of the molecule is CC(C)n1c(NN)nc2c1c(=O)[nH]c(=O)n2C. The fraction of sp³-hybridized carbons (Fsp3) is 0.444. The van der Waals surface area contributed by atoms with Gasteiger partial charge in [-0.25, -0.2) is 10.6 Å². The Balaban J connectivity index is 3.03. The highest BCUT2D eigenvalue weighted by Crippen LogP contribution is 2.19. The minimum Gasteiger partial charge on any atom is -0.301 e. The number of nitrogens with one attached hydrogen (secondary N) is 2. The molecule has 2 aromatic rings. The molecule has 8 heteroatoms. The first-order chi connectivity index (χ1) is 7.97. The summed E-state index contributed by atoms with van der Waals surface area (Å²) >= 11 is 0. The van der Waals surface area contributed by atoms with Gasteiger partial charge in [0.15, 0.2) is 11.2 Å². The summed E-state index contributed by atoms with van der Waals surface area (Å²) in [6.45, 7) is 3.79. The van der Waals surface area contributed by atoms with Crippen molar-refractivity contribution < 1.29 is 0 Å². The van der Waals surface area contributed by atoms with E-state index in [1.165, 1.54) is 4.57 Å². The van der Waals surface area contributed by atoms with Crippen molar-refractivity contribution in [1.29, 1.82) is 0 Å². The molecule has 0 amide bonds. The number of hydrogen-bond acceptors (Lipinski definition) is 5. The topological polar surface area (TPSA) is 111 Å². The third-order valence-corrected chi connectivity index (χ3v) is 2.60. The molecule has 0 aliphatic rings. The molecule has 92 valence electrons. The molecule has 2 aromatic heterocycles. The number of aromatic nitrogens is 4. The maximum absolute atomic E-state index is 11.8. The molecule has 0 saturated carbocycles. The molecule has 4 N–H and O–H groups in total. The Bertz CT molecular complexity index is 677. The lowest BCUT2D eigenvalue weighted by Crippen LogP contribution is -2.29. The fourth-order valence-electron chi connectivity index (χ4n) is 1.81. The number of H-pyrrole nitrogens is 1. The molecule has 0 aliphatic heterocycles. The molecule has 17 heavy (non-hydrogen) atoms. The standard InChI is InChI=1S/C9H14N6O2/c1-4(2)15-5-6(11-8(15)13-10)14(3)9(17)12-7(5)16/h4H,10H2,1-3H3,(H,11,13)(H,12,16,17). The van der Waals surface area contributed by atoms with E-state index in [0.717, 1.165) is 0 Å². The van der Waals surface area contributed by atoms with Crippen molar-refractivity contribution in [2.75, 3.05) is 5.43 Å². The molecule has 0 bridgehead atoms. The van der Waals surface area contributed by atoms with Gasteiger partial charge in [0.2, 0.25) is 5.95 Å². The summed E-state index contributed by atoms with van der Waals surface area (Å²) in [5, 5.41) is 0. The normalized spacial score (nSPS) is 11.4. The summed E-state index contributed by atoms with van der Waals surface area (Å²) in [5.74, 6) is 5.71. The molecule has 0 radical (unpaired) electrons. The van der Waals surface area contributed by atoms with Crippen molar-refractivity contribution in [2.45, 2.75) is 19.9 Å². The van der Waals surface area contributed by atoms with E-state index in [-0.39, 0.29) is 6.04 Å². The maximum atomic E-state index is 11.8. The predicted molar refractivity (Wildman–Crippen MR) is 63.8 cm³/mol. The third-order valence-electron chi connectivity index (χ3n) is 2.60. The first kappa shape index (κ1) is 11.4. The van der Waals surface area contributed by atoms with Gasteiger partial charge in [-0.05, 0) is 13.8 Å². The summed E-state index contributed by atoms with van der Waals surface area (Å²) in [6, 6.07) is -0.00958. The van der Waals surface area contributed by atoms with Gasteiger partial charge < -0.3 is 4.57 Å². The Labute approximate surface area is 96.0 Å². The largest absolute Gasteiger partial charge is 0.329 e. The Morgan fingerprint density at radius 2 is 2.06 bits per heavy atom. The van der Waals surface area contributed by atoms with Gasteiger partial charge in [-0.2, -0.15) is 4.98 Å². The lowest BCUT2D eigenvalue weighted by molar-refractivity contribution is 0.620. The predicted octanol–water partition coefficient (Wildman–Crippen LogP) is -0.710. The molecule has 0 aromatic carbocycles. The summed E-state index contributed by atoms with van der Waals surface area (Å²) in [4.78, 5) is 29.6. The number of aromatic amines is 1. The van der Waals surface area contributed by atoms with Crippen LogP contribution >= 0.6 is 0 Å². The average Bonchev–Trinajstić information content (AvgIpc) is 2.65. The molecule has 0 aliphatic carbocycles. The van der Waals surface area contributed by atoms with Gasteiger partial charge in [-0.3, -0.25) is 19.8 Å². The highest BCUT2D eigenvalue weighted by molar-refractivity contribution is 5.74. The molecule has 0 fully saturated rings. The van der Waals surface area contributed by atoms with Crippen LogP contribution in [0.25, 0.3) is 11.2 Å². The monoisotopic (exact) mass is 238 g/mol. The van der Waals surface area contributed by atoms with Crippen LogP contribution in [0.2, 0.25) is 0 Å². The minimum absolute atomic E-state index is 0.00958. The lowest BCUT2D eigenvalue weighted by Gasteiger charge is -2.11. The van der Waals surface area contributed by atoms with Crippen molar-refractivity contribution in [2.24, 2.45) is 12.9 Å². The van der Waals surface area contributed by atoms with Crippen LogP contribution in [0.1, 0.15) is 19.9 Å². The number of anilines is 1. The number of nitrogen functional groups attached to an aromatic ring is 1. The van der Waals surface area contributed by atoms with Crippen molar-refractivity contribution in [3.8, 4) is 0 Å². The lowest BCUT2D eigenvalue weighted by atomic mass is 10.3. The molecule has 8 nitrogen and oxygen atoms in total. The van der Waals surface area contributed by atoms with Crippen molar-refractivity contribution >= 4 is 17.1 Å². The van der Waals surface area contributed by atoms with Gasteiger partial charge in [-0.1, -0.05) is 0 Å². The number of rotatable bonds is 2.